The molecule has 1 aromatic rings. The van der Waals surface area contributed by atoms with Crippen molar-refractivity contribution in [2.45, 2.75) is 20.0 Å². The molecule has 0 aliphatic rings. The third-order valence-corrected chi connectivity index (χ3v) is 1.46. The molecule has 0 saturated heterocycles. The van der Waals surface area contributed by atoms with Crippen LogP contribution in [0.15, 0.2) is 18.5 Å². The normalized spacial score (nSPS) is 10.2. The van der Waals surface area contributed by atoms with Gasteiger partial charge in [0, 0.05) is 25.5 Å². The van der Waals surface area contributed by atoms with Gasteiger partial charge in [0.05, 0.1) is 0 Å². The number of hydrogen-bond donors (Lipinski definition) is 2. The van der Waals surface area contributed by atoms with Crippen LogP contribution in [-0.4, -0.2) is 9.77 Å². The molecule has 3 heteroatoms. The van der Waals surface area contributed by atoms with E-state index in [1.165, 1.54) is 0 Å². The molecule has 0 saturated carbocycles. The molecule has 2 N–H and O–H groups in total. The third kappa shape index (κ3) is 1.59. The van der Waals surface area contributed by atoms with E-state index in [2.05, 4.69) is 17.0 Å². The van der Waals surface area contributed by atoms with Gasteiger partial charge in [0.25, 0.3) is 0 Å². The van der Waals surface area contributed by atoms with Crippen LogP contribution in [0.25, 0.3) is 0 Å². The van der Waals surface area contributed by atoms with E-state index in [1.54, 1.807) is 0 Å². The molecule has 0 bridgehead atoms. The number of hydrogen-bond acceptors (Lipinski definition) is 2. The lowest BCUT2D eigenvalue weighted by Gasteiger charge is -1.93. The molecule has 0 unspecified atom stereocenters. The molecule has 0 aliphatic heterocycles. The van der Waals surface area contributed by atoms with Crippen LogP contribution < -0.4 is 5.48 Å². The average molecular weight is 140 g/mol. The van der Waals surface area contributed by atoms with Crippen molar-refractivity contribution in [3.63, 3.8) is 0 Å². The molecule has 0 radical (unpaired) electrons. The van der Waals surface area contributed by atoms with Gasteiger partial charge in [-0.15, -0.1) is 0 Å². The molecule has 10 heavy (non-hydrogen) atoms. The molecule has 1 rings (SSSR count). The minimum Gasteiger partial charge on any atom is -0.354 e. The van der Waals surface area contributed by atoms with E-state index in [1.807, 2.05) is 18.5 Å². The number of aryl methyl sites for hydroxylation is 1. The Morgan fingerprint density at radius 2 is 2.50 bits per heavy atom. The topological polar surface area (TPSA) is 37.2 Å². The maximum atomic E-state index is 8.34. The van der Waals surface area contributed by atoms with Gasteiger partial charge in [-0.2, -0.15) is 0 Å². The second kappa shape index (κ2) is 3.39. The molecule has 1 heterocycles. The summed E-state index contributed by atoms with van der Waals surface area (Å²) in [6.07, 6.45) is 4.00. The van der Waals surface area contributed by atoms with Crippen LogP contribution in [-0.2, 0) is 13.1 Å². The second-order valence-electron chi connectivity index (χ2n) is 2.19. The summed E-state index contributed by atoms with van der Waals surface area (Å²) in [6.45, 7) is 3.58. The second-order valence-corrected chi connectivity index (χ2v) is 2.19. The third-order valence-electron chi connectivity index (χ3n) is 1.46. The fourth-order valence-electron chi connectivity index (χ4n) is 0.883. The predicted octanol–water partition coefficient (Wildman–Crippen LogP) is 0.987. The highest BCUT2D eigenvalue weighted by Crippen LogP contribution is 1.99. The van der Waals surface area contributed by atoms with Gasteiger partial charge in [-0.3, -0.25) is 0 Å². The van der Waals surface area contributed by atoms with Crippen molar-refractivity contribution in [3.8, 4) is 0 Å². The Morgan fingerprint density at radius 1 is 1.70 bits per heavy atom. The first-order valence-corrected chi connectivity index (χ1v) is 3.38. The minimum absolute atomic E-state index is 0.521. The molecular formula is C7H12N2O. The van der Waals surface area contributed by atoms with Gasteiger partial charge in [-0.1, -0.05) is 0 Å². The van der Waals surface area contributed by atoms with Crippen molar-refractivity contribution in [3.05, 3.63) is 24.0 Å². The first-order valence-electron chi connectivity index (χ1n) is 3.38. The van der Waals surface area contributed by atoms with Gasteiger partial charge >= 0.3 is 0 Å². The van der Waals surface area contributed by atoms with Crippen molar-refractivity contribution in [1.82, 2.24) is 10.0 Å². The van der Waals surface area contributed by atoms with E-state index in [0.717, 1.165) is 12.1 Å². The lowest BCUT2D eigenvalue weighted by atomic mass is 10.3. The van der Waals surface area contributed by atoms with Crippen LogP contribution in [0, 0.1) is 0 Å². The van der Waals surface area contributed by atoms with Gasteiger partial charge in [0.15, 0.2) is 0 Å². The molecule has 0 aliphatic carbocycles. The predicted molar refractivity (Wildman–Crippen MR) is 38.7 cm³/mol. The number of nitrogens with zero attached hydrogens (tertiary/aromatic N) is 1. The van der Waals surface area contributed by atoms with Gasteiger partial charge in [0.2, 0.25) is 0 Å². The highest BCUT2D eigenvalue weighted by molar-refractivity contribution is 5.09. The average Bonchev–Trinajstić information content (AvgIpc) is 2.37. The van der Waals surface area contributed by atoms with Crippen molar-refractivity contribution in [2.24, 2.45) is 0 Å². The molecule has 0 atom stereocenters. The summed E-state index contributed by atoms with van der Waals surface area (Å²) in [5.41, 5.74) is 3.21. The molecule has 0 aromatic carbocycles. The number of rotatable bonds is 3. The molecular weight excluding hydrogens is 128 g/mol. The number of nitrogens with one attached hydrogen (secondary N) is 1. The minimum atomic E-state index is 0.521. The summed E-state index contributed by atoms with van der Waals surface area (Å²) in [5, 5.41) is 8.34. The van der Waals surface area contributed by atoms with Crippen molar-refractivity contribution in [1.29, 1.82) is 0 Å². The highest BCUT2D eigenvalue weighted by Gasteiger charge is 1.92. The van der Waals surface area contributed by atoms with Gasteiger partial charge in [0.1, 0.15) is 0 Å². The standard InChI is InChI=1S/C7H12N2O/c1-2-9-4-3-7(6-9)5-8-10/h3-4,6,8,10H,2,5H2,1H3. The Labute approximate surface area is 60.2 Å². The Hall–Kier alpha value is -0.800. The van der Waals surface area contributed by atoms with E-state index in [-0.39, 0.29) is 0 Å². The van der Waals surface area contributed by atoms with E-state index < -0.39 is 0 Å². The SMILES string of the molecule is CCn1ccc(CNO)c1. The summed E-state index contributed by atoms with van der Waals surface area (Å²) >= 11 is 0. The Bertz CT molecular complexity index is 195. The molecule has 0 fully saturated rings. The van der Waals surface area contributed by atoms with E-state index >= 15 is 0 Å². The van der Waals surface area contributed by atoms with Crippen LogP contribution >= 0.6 is 0 Å². The zero-order chi connectivity index (χ0) is 7.40. The monoisotopic (exact) mass is 140 g/mol. The summed E-state index contributed by atoms with van der Waals surface area (Å²) in [7, 11) is 0. The molecule has 0 amide bonds. The van der Waals surface area contributed by atoms with Gasteiger partial charge in [-0.25, -0.2) is 5.48 Å². The molecule has 3 nitrogen and oxygen atoms in total. The van der Waals surface area contributed by atoms with Crippen LogP contribution in [0.1, 0.15) is 12.5 Å². The Kier molecular flexibility index (Phi) is 2.48. The van der Waals surface area contributed by atoms with Gasteiger partial charge < -0.3 is 9.77 Å². The zero-order valence-corrected chi connectivity index (χ0v) is 6.04. The molecule has 1 aromatic heterocycles. The smallest absolute Gasteiger partial charge is 0.0473 e. The molecule has 56 valence electrons. The van der Waals surface area contributed by atoms with Crippen LogP contribution in [0.4, 0.5) is 0 Å². The fourth-order valence-corrected chi connectivity index (χ4v) is 0.883. The largest absolute Gasteiger partial charge is 0.354 e. The van der Waals surface area contributed by atoms with Crippen molar-refractivity contribution < 1.29 is 5.21 Å². The van der Waals surface area contributed by atoms with Crippen LogP contribution in [0.5, 0.6) is 0 Å². The molecule has 0 spiro atoms. The van der Waals surface area contributed by atoms with Crippen molar-refractivity contribution in [2.75, 3.05) is 0 Å². The summed E-state index contributed by atoms with van der Waals surface area (Å²) in [5.74, 6) is 0. The highest BCUT2D eigenvalue weighted by atomic mass is 16.5. The number of aromatic nitrogens is 1. The Balaban J connectivity index is 2.59. The number of hydroxylamine groups is 1. The quantitative estimate of drug-likeness (QED) is 0.614. The maximum absolute atomic E-state index is 8.34. The van der Waals surface area contributed by atoms with Crippen molar-refractivity contribution >= 4 is 0 Å². The van der Waals surface area contributed by atoms with Crippen LogP contribution in [0.2, 0.25) is 0 Å². The summed E-state index contributed by atoms with van der Waals surface area (Å²) < 4.78 is 2.06. The lowest BCUT2D eigenvalue weighted by molar-refractivity contribution is 0.161. The summed E-state index contributed by atoms with van der Waals surface area (Å²) in [6, 6.07) is 1.98. The van der Waals surface area contributed by atoms with Crippen LogP contribution in [0.3, 0.4) is 0 Å². The van der Waals surface area contributed by atoms with E-state index in [9.17, 15) is 0 Å². The zero-order valence-electron chi connectivity index (χ0n) is 6.04. The Morgan fingerprint density at radius 3 is 3.00 bits per heavy atom. The first kappa shape index (κ1) is 7.31. The first-order chi connectivity index (χ1) is 4.86. The lowest BCUT2D eigenvalue weighted by Crippen LogP contribution is -2.04. The van der Waals surface area contributed by atoms with Gasteiger partial charge in [-0.05, 0) is 18.6 Å². The fraction of sp³-hybridized carbons (Fsp3) is 0.429. The van der Waals surface area contributed by atoms with E-state index in [4.69, 9.17) is 5.21 Å². The maximum Gasteiger partial charge on any atom is 0.0473 e. The summed E-state index contributed by atoms with van der Waals surface area (Å²) in [4.78, 5) is 0. The van der Waals surface area contributed by atoms with E-state index in [0.29, 0.717) is 6.54 Å².